The first-order valence-corrected chi connectivity index (χ1v) is 7.84. The van der Waals surface area contributed by atoms with Crippen LogP contribution >= 0.6 is 11.6 Å². The smallest absolute Gasteiger partial charge is 0.335 e. The molecule has 0 heterocycles. The molecule has 0 spiro atoms. The molecule has 0 bridgehead atoms. The van der Waals surface area contributed by atoms with Crippen LogP contribution in [0.15, 0.2) is 48.5 Å². The number of nitrogens with one attached hydrogen (secondary N) is 1. The van der Waals surface area contributed by atoms with Crippen LogP contribution < -0.4 is 5.32 Å². The van der Waals surface area contributed by atoms with Crippen LogP contribution in [0.5, 0.6) is 0 Å². The molecule has 0 radical (unpaired) electrons. The van der Waals surface area contributed by atoms with E-state index < -0.39 is 5.97 Å². The number of carboxylic acid groups (broad SMARTS) is 1. The van der Waals surface area contributed by atoms with Crippen molar-refractivity contribution in [2.75, 3.05) is 11.9 Å². The second-order valence-corrected chi connectivity index (χ2v) is 5.51. The van der Waals surface area contributed by atoms with E-state index in [0.717, 1.165) is 42.1 Å². The molecule has 23 heavy (non-hydrogen) atoms. The lowest BCUT2D eigenvalue weighted by Gasteiger charge is -2.05. The van der Waals surface area contributed by atoms with E-state index in [1.807, 2.05) is 24.3 Å². The molecule has 4 heteroatoms. The van der Waals surface area contributed by atoms with Crippen LogP contribution in [0.4, 0.5) is 5.69 Å². The minimum atomic E-state index is -0.907. The maximum absolute atomic E-state index is 10.8. The fourth-order valence-corrected chi connectivity index (χ4v) is 2.13. The zero-order valence-corrected chi connectivity index (χ0v) is 13.4. The lowest BCUT2D eigenvalue weighted by Crippen LogP contribution is -2.02. The Morgan fingerprint density at radius 2 is 1.74 bits per heavy atom. The first-order chi connectivity index (χ1) is 11.1. The Balaban J connectivity index is 1.64. The monoisotopic (exact) mass is 327 g/mol. The molecule has 0 aliphatic carbocycles. The summed E-state index contributed by atoms with van der Waals surface area (Å²) in [5, 5.41) is 12.8. The van der Waals surface area contributed by atoms with Crippen LogP contribution in [0.25, 0.3) is 0 Å². The summed E-state index contributed by atoms with van der Waals surface area (Å²) in [7, 11) is 0. The number of aromatic carboxylic acids is 1. The van der Waals surface area contributed by atoms with E-state index >= 15 is 0 Å². The molecule has 0 saturated carbocycles. The molecule has 0 aliphatic rings. The first kappa shape index (κ1) is 16.9. The van der Waals surface area contributed by atoms with Crippen molar-refractivity contribution in [3.05, 3.63) is 64.7 Å². The molecular weight excluding hydrogens is 310 g/mol. The average molecular weight is 328 g/mol. The summed E-state index contributed by atoms with van der Waals surface area (Å²) >= 11 is 5.82. The molecule has 0 aromatic heterocycles. The molecule has 118 valence electrons. The maximum Gasteiger partial charge on any atom is 0.335 e. The van der Waals surface area contributed by atoms with Crippen molar-refractivity contribution in [3.8, 4) is 11.8 Å². The third-order valence-corrected chi connectivity index (χ3v) is 3.52. The van der Waals surface area contributed by atoms with E-state index in [0.29, 0.717) is 5.56 Å². The summed E-state index contributed by atoms with van der Waals surface area (Å²) in [6.45, 7) is 0.842. The molecule has 2 aromatic carbocycles. The summed E-state index contributed by atoms with van der Waals surface area (Å²) in [5.41, 5.74) is 2.21. The van der Waals surface area contributed by atoms with Gasteiger partial charge >= 0.3 is 5.97 Å². The van der Waals surface area contributed by atoms with Gasteiger partial charge in [0.1, 0.15) is 0 Å². The standard InChI is InChI=1S/C19H18ClNO2/c20-17-10-6-15(7-11-17)5-3-1-2-4-14-21-18-12-8-16(9-13-18)19(22)23/h6-13,21H,1-2,4,14H2,(H,22,23). The molecule has 0 fully saturated rings. The van der Waals surface area contributed by atoms with Crippen molar-refractivity contribution in [3.63, 3.8) is 0 Å². The van der Waals surface area contributed by atoms with Crippen LogP contribution in [0.1, 0.15) is 35.2 Å². The fourth-order valence-electron chi connectivity index (χ4n) is 2.00. The van der Waals surface area contributed by atoms with E-state index in [4.69, 9.17) is 16.7 Å². The Hall–Kier alpha value is -2.44. The molecule has 2 rings (SSSR count). The van der Waals surface area contributed by atoms with Gasteiger partial charge in [-0.3, -0.25) is 0 Å². The Kier molecular flexibility index (Phi) is 6.53. The van der Waals surface area contributed by atoms with Crippen LogP contribution in [-0.2, 0) is 0 Å². The van der Waals surface area contributed by atoms with Crippen molar-refractivity contribution in [2.45, 2.75) is 19.3 Å². The lowest BCUT2D eigenvalue weighted by molar-refractivity contribution is 0.0697. The van der Waals surface area contributed by atoms with Crippen molar-refractivity contribution in [2.24, 2.45) is 0 Å². The molecule has 0 atom stereocenters. The number of anilines is 1. The minimum absolute atomic E-state index is 0.299. The third kappa shape index (κ3) is 6.06. The van der Waals surface area contributed by atoms with E-state index in [-0.39, 0.29) is 0 Å². The van der Waals surface area contributed by atoms with Crippen molar-refractivity contribution >= 4 is 23.3 Å². The maximum atomic E-state index is 10.8. The molecular formula is C19H18ClNO2. The Morgan fingerprint density at radius 1 is 1.04 bits per heavy atom. The van der Waals surface area contributed by atoms with Gasteiger partial charge in [0.05, 0.1) is 5.56 Å². The highest BCUT2D eigenvalue weighted by Crippen LogP contribution is 2.10. The quantitative estimate of drug-likeness (QED) is 0.598. The van der Waals surface area contributed by atoms with E-state index in [9.17, 15) is 4.79 Å². The predicted octanol–water partition coefficient (Wildman–Crippen LogP) is 4.67. The highest BCUT2D eigenvalue weighted by molar-refractivity contribution is 6.30. The van der Waals surface area contributed by atoms with Gasteiger partial charge in [-0.25, -0.2) is 4.79 Å². The van der Waals surface area contributed by atoms with E-state index in [1.165, 1.54) is 0 Å². The highest BCUT2D eigenvalue weighted by Gasteiger charge is 2.00. The van der Waals surface area contributed by atoms with Gasteiger partial charge in [-0.2, -0.15) is 0 Å². The fraction of sp³-hybridized carbons (Fsp3) is 0.211. The zero-order chi connectivity index (χ0) is 16.5. The number of unbranched alkanes of at least 4 members (excludes halogenated alkanes) is 2. The van der Waals surface area contributed by atoms with Crippen LogP contribution in [0.3, 0.4) is 0 Å². The highest BCUT2D eigenvalue weighted by atomic mass is 35.5. The van der Waals surface area contributed by atoms with Crippen LogP contribution in [0.2, 0.25) is 5.02 Å². The summed E-state index contributed by atoms with van der Waals surface area (Å²) in [6, 6.07) is 14.3. The first-order valence-electron chi connectivity index (χ1n) is 7.47. The summed E-state index contributed by atoms with van der Waals surface area (Å²) < 4.78 is 0. The second-order valence-electron chi connectivity index (χ2n) is 5.08. The molecule has 0 unspecified atom stereocenters. The van der Waals surface area contributed by atoms with Gasteiger partial charge in [0, 0.05) is 29.2 Å². The number of rotatable bonds is 6. The molecule has 2 aromatic rings. The van der Waals surface area contributed by atoms with Crippen LogP contribution in [-0.4, -0.2) is 17.6 Å². The predicted molar refractivity (Wildman–Crippen MR) is 94.1 cm³/mol. The number of carboxylic acids is 1. The number of hydrogen-bond donors (Lipinski definition) is 2. The van der Waals surface area contributed by atoms with E-state index in [1.54, 1.807) is 24.3 Å². The van der Waals surface area contributed by atoms with Gasteiger partial charge in [-0.05, 0) is 61.4 Å². The lowest BCUT2D eigenvalue weighted by atomic mass is 10.2. The van der Waals surface area contributed by atoms with Gasteiger partial charge in [0.15, 0.2) is 0 Å². The molecule has 2 N–H and O–H groups in total. The van der Waals surface area contributed by atoms with Gasteiger partial charge in [-0.15, -0.1) is 0 Å². The van der Waals surface area contributed by atoms with Crippen molar-refractivity contribution < 1.29 is 9.90 Å². The second kappa shape index (κ2) is 8.87. The molecule has 0 saturated heterocycles. The van der Waals surface area contributed by atoms with Gasteiger partial charge in [0.25, 0.3) is 0 Å². The Morgan fingerprint density at radius 3 is 2.39 bits per heavy atom. The summed E-state index contributed by atoms with van der Waals surface area (Å²) in [4.78, 5) is 10.8. The minimum Gasteiger partial charge on any atom is -0.478 e. The van der Waals surface area contributed by atoms with E-state index in [2.05, 4.69) is 17.2 Å². The third-order valence-electron chi connectivity index (χ3n) is 3.27. The zero-order valence-electron chi connectivity index (χ0n) is 12.7. The molecule has 0 aliphatic heterocycles. The van der Waals surface area contributed by atoms with Crippen LogP contribution in [0, 0.1) is 11.8 Å². The van der Waals surface area contributed by atoms with Gasteiger partial charge < -0.3 is 10.4 Å². The normalized spacial score (nSPS) is 9.78. The van der Waals surface area contributed by atoms with Gasteiger partial charge in [-0.1, -0.05) is 23.4 Å². The summed E-state index contributed by atoms with van der Waals surface area (Å²) in [6.07, 6.45) is 2.87. The molecule has 3 nitrogen and oxygen atoms in total. The van der Waals surface area contributed by atoms with Crippen molar-refractivity contribution in [1.29, 1.82) is 0 Å². The number of hydrogen-bond acceptors (Lipinski definition) is 2. The largest absolute Gasteiger partial charge is 0.478 e. The number of benzene rings is 2. The Bertz CT molecular complexity index is 697. The number of halogens is 1. The van der Waals surface area contributed by atoms with Crippen molar-refractivity contribution in [1.82, 2.24) is 0 Å². The average Bonchev–Trinajstić information content (AvgIpc) is 2.56. The SMILES string of the molecule is O=C(O)c1ccc(NCCCCC#Cc2ccc(Cl)cc2)cc1. The number of carbonyl (C=O) groups is 1. The van der Waals surface area contributed by atoms with Gasteiger partial charge in [0.2, 0.25) is 0 Å². The molecule has 0 amide bonds. The Labute approximate surface area is 141 Å². The summed E-state index contributed by atoms with van der Waals surface area (Å²) in [5.74, 6) is 5.36. The topological polar surface area (TPSA) is 49.3 Å².